The summed E-state index contributed by atoms with van der Waals surface area (Å²) in [5.41, 5.74) is 1.15. The smallest absolute Gasteiger partial charge is 0.306 e. The van der Waals surface area contributed by atoms with Crippen molar-refractivity contribution in [3.63, 3.8) is 0 Å². The van der Waals surface area contributed by atoms with Crippen molar-refractivity contribution in [2.45, 2.75) is 38.2 Å². The molecule has 1 aliphatic carbocycles. The van der Waals surface area contributed by atoms with Crippen LogP contribution in [0.4, 0.5) is 0 Å². The van der Waals surface area contributed by atoms with Gasteiger partial charge in [0.25, 0.3) is 0 Å². The van der Waals surface area contributed by atoms with Crippen molar-refractivity contribution in [2.75, 3.05) is 13.2 Å². The predicted octanol–water partition coefficient (Wildman–Crippen LogP) is 2.77. The molecule has 1 aliphatic heterocycles. The second-order valence-corrected chi connectivity index (χ2v) is 6.89. The van der Waals surface area contributed by atoms with Gasteiger partial charge in [-0.1, -0.05) is 36.8 Å². The maximum absolute atomic E-state index is 12.4. The molecule has 0 aromatic heterocycles. The first-order chi connectivity index (χ1) is 11.6. The van der Waals surface area contributed by atoms with Gasteiger partial charge in [0.1, 0.15) is 0 Å². The van der Waals surface area contributed by atoms with E-state index in [4.69, 9.17) is 9.84 Å². The van der Waals surface area contributed by atoms with Crippen LogP contribution >= 0.6 is 0 Å². The predicted molar refractivity (Wildman–Crippen MR) is 89.3 cm³/mol. The first-order valence-corrected chi connectivity index (χ1v) is 8.82. The van der Waals surface area contributed by atoms with Crippen LogP contribution in [-0.4, -0.2) is 30.1 Å². The second kappa shape index (κ2) is 7.79. The van der Waals surface area contributed by atoms with Crippen LogP contribution in [0, 0.1) is 17.8 Å². The van der Waals surface area contributed by atoms with E-state index in [-0.39, 0.29) is 29.8 Å². The molecule has 0 bridgehead atoms. The number of ether oxygens (including phenoxy) is 1. The summed E-state index contributed by atoms with van der Waals surface area (Å²) in [6.07, 6.45) is 3.72. The van der Waals surface area contributed by atoms with Crippen molar-refractivity contribution in [3.05, 3.63) is 35.9 Å². The Kier molecular flexibility index (Phi) is 5.51. The third-order valence-corrected chi connectivity index (χ3v) is 5.28. The number of benzene rings is 1. The van der Waals surface area contributed by atoms with Crippen molar-refractivity contribution in [3.8, 4) is 0 Å². The first kappa shape index (κ1) is 17.0. The molecule has 1 saturated heterocycles. The molecular formula is C19H25NO4. The number of carbonyl (C=O) groups is 2. The number of hydrogen-bond acceptors (Lipinski definition) is 3. The van der Waals surface area contributed by atoms with Gasteiger partial charge in [-0.05, 0) is 31.2 Å². The number of amides is 1. The highest BCUT2D eigenvalue weighted by atomic mass is 16.5. The summed E-state index contributed by atoms with van der Waals surface area (Å²) in [4.78, 5) is 23.6. The quantitative estimate of drug-likeness (QED) is 0.870. The van der Waals surface area contributed by atoms with Gasteiger partial charge in [0.05, 0.1) is 12.0 Å². The molecule has 2 aliphatic rings. The third-order valence-electron chi connectivity index (χ3n) is 5.28. The van der Waals surface area contributed by atoms with Crippen molar-refractivity contribution in [2.24, 2.45) is 17.8 Å². The van der Waals surface area contributed by atoms with Gasteiger partial charge in [-0.25, -0.2) is 0 Å². The van der Waals surface area contributed by atoms with E-state index < -0.39 is 5.97 Å². The number of carbonyl (C=O) groups excluding carboxylic acids is 1. The Bertz CT molecular complexity index is 574. The molecule has 0 radical (unpaired) electrons. The highest BCUT2D eigenvalue weighted by Gasteiger charge is 2.33. The number of carboxylic acid groups (broad SMARTS) is 1. The average Bonchev–Trinajstić information content (AvgIpc) is 3.09. The zero-order valence-corrected chi connectivity index (χ0v) is 13.8. The molecule has 3 rings (SSSR count). The molecule has 1 aromatic rings. The first-order valence-electron chi connectivity index (χ1n) is 8.82. The van der Waals surface area contributed by atoms with Crippen LogP contribution in [0.25, 0.3) is 0 Å². The van der Waals surface area contributed by atoms with Gasteiger partial charge in [0.2, 0.25) is 5.91 Å². The fourth-order valence-electron chi connectivity index (χ4n) is 3.88. The van der Waals surface area contributed by atoms with E-state index in [1.54, 1.807) is 0 Å². The van der Waals surface area contributed by atoms with E-state index in [1.165, 1.54) is 0 Å². The average molecular weight is 331 g/mol. The Hall–Kier alpha value is -1.88. The molecule has 1 saturated carbocycles. The molecule has 1 heterocycles. The lowest BCUT2D eigenvalue weighted by Crippen LogP contribution is -2.38. The molecular weight excluding hydrogens is 306 g/mol. The van der Waals surface area contributed by atoms with Crippen molar-refractivity contribution in [1.29, 1.82) is 0 Å². The third kappa shape index (κ3) is 3.96. The minimum Gasteiger partial charge on any atom is -0.481 e. The SMILES string of the molecule is O=C(O)C1CCCC(C(=O)NC[C@@H]2CCO[C@H]2c2ccccc2)C1. The van der Waals surface area contributed by atoms with E-state index in [2.05, 4.69) is 17.4 Å². The standard InChI is InChI=1S/C19H25NO4/c21-18(14-7-4-8-15(11-14)19(22)23)20-12-16-9-10-24-17(16)13-5-2-1-3-6-13/h1-3,5-6,14-17H,4,7-12H2,(H,20,21)(H,22,23)/t14?,15?,16-,17-/m0/s1. The van der Waals surface area contributed by atoms with Crippen molar-refractivity contribution < 1.29 is 19.4 Å². The Labute approximate surface area is 142 Å². The van der Waals surface area contributed by atoms with Gasteiger partial charge >= 0.3 is 5.97 Å². The van der Waals surface area contributed by atoms with Gasteiger partial charge in [-0.2, -0.15) is 0 Å². The number of rotatable bonds is 5. The maximum Gasteiger partial charge on any atom is 0.306 e. The van der Waals surface area contributed by atoms with E-state index in [0.717, 1.165) is 24.8 Å². The molecule has 2 unspecified atom stereocenters. The van der Waals surface area contributed by atoms with Gasteiger partial charge < -0.3 is 15.2 Å². The summed E-state index contributed by atoms with van der Waals surface area (Å²) in [5.74, 6) is -1.05. The minimum atomic E-state index is -0.777. The Morgan fingerprint density at radius 1 is 1.12 bits per heavy atom. The van der Waals surface area contributed by atoms with Crippen molar-refractivity contribution >= 4 is 11.9 Å². The molecule has 5 heteroatoms. The molecule has 4 atom stereocenters. The summed E-state index contributed by atoms with van der Waals surface area (Å²) in [6, 6.07) is 10.1. The number of aliphatic carboxylic acids is 1. The molecule has 5 nitrogen and oxygen atoms in total. The molecule has 24 heavy (non-hydrogen) atoms. The highest BCUT2D eigenvalue weighted by molar-refractivity contribution is 5.80. The minimum absolute atomic E-state index is 0.000313. The number of carboxylic acids is 1. The van der Waals surface area contributed by atoms with Crippen LogP contribution in [-0.2, 0) is 14.3 Å². The van der Waals surface area contributed by atoms with Crippen molar-refractivity contribution in [1.82, 2.24) is 5.32 Å². The fraction of sp³-hybridized carbons (Fsp3) is 0.579. The maximum atomic E-state index is 12.4. The van der Waals surface area contributed by atoms with Crippen LogP contribution in [0.1, 0.15) is 43.8 Å². The van der Waals surface area contributed by atoms with Crippen LogP contribution in [0.2, 0.25) is 0 Å². The van der Waals surface area contributed by atoms with Crippen LogP contribution < -0.4 is 5.32 Å². The summed E-state index contributed by atoms with van der Waals surface area (Å²) in [7, 11) is 0. The summed E-state index contributed by atoms with van der Waals surface area (Å²) in [6.45, 7) is 1.30. The van der Waals surface area contributed by atoms with Gasteiger partial charge in [-0.15, -0.1) is 0 Å². The van der Waals surface area contributed by atoms with E-state index in [0.29, 0.717) is 26.0 Å². The van der Waals surface area contributed by atoms with E-state index in [1.807, 2.05) is 18.2 Å². The largest absolute Gasteiger partial charge is 0.481 e. The summed E-state index contributed by atoms with van der Waals surface area (Å²) in [5, 5.41) is 12.2. The molecule has 130 valence electrons. The summed E-state index contributed by atoms with van der Waals surface area (Å²) >= 11 is 0. The lowest BCUT2D eigenvalue weighted by Gasteiger charge is -2.26. The molecule has 2 N–H and O–H groups in total. The summed E-state index contributed by atoms with van der Waals surface area (Å²) < 4.78 is 5.85. The number of nitrogens with one attached hydrogen (secondary N) is 1. The molecule has 1 amide bonds. The van der Waals surface area contributed by atoms with Gasteiger partial charge in [0.15, 0.2) is 0 Å². The van der Waals surface area contributed by atoms with E-state index >= 15 is 0 Å². The normalized spacial score (nSPS) is 30.0. The lowest BCUT2D eigenvalue weighted by molar-refractivity contribution is -0.144. The Balaban J connectivity index is 1.53. The van der Waals surface area contributed by atoms with Gasteiger partial charge in [-0.3, -0.25) is 9.59 Å². The van der Waals surface area contributed by atoms with Crippen LogP contribution in [0.15, 0.2) is 30.3 Å². The second-order valence-electron chi connectivity index (χ2n) is 6.89. The van der Waals surface area contributed by atoms with Crippen LogP contribution in [0.3, 0.4) is 0 Å². The Morgan fingerprint density at radius 2 is 1.88 bits per heavy atom. The molecule has 0 spiro atoms. The monoisotopic (exact) mass is 331 g/mol. The number of hydrogen-bond donors (Lipinski definition) is 2. The van der Waals surface area contributed by atoms with Gasteiger partial charge in [0, 0.05) is 25.0 Å². The van der Waals surface area contributed by atoms with E-state index in [9.17, 15) is 9.59 Å². The Morgan fingerprint density at radius 3 is 2.62 bits per heavy atom. The zero-order chi connectivity index (χ0) is 16.9. The topological polar surface area (TPSA) is 75.6 Å². The molecule has 2 fully saturated rings. The zero-order valence-electron chi connectivity index (χ0n) is 13.8. The fourth-order valence-corrected chi connectivity index (χ4v) is 3.88. The molecule has 1 aromatic carbocycles. The highest BCUT2D eigenvalue weighted by Crippen LogP contribution is 2.34. The lowest BCUT2D eigenvalue weighted by atomic mass is 9.81. The van der Waals surface area contributed by atoms with Crippen LogP contribution in [0.5, 0.6) is 0 Å².